The number of carbonyl (C=O) groups excluding carboxylic acids is 1. The Bertz CT molecular complexity index is 656. The summed E-state index contributed by atoms with van der Waals surface area (Å²) in [5.41, 5.74) is 3.11. The van der Waals surface area contributed by atoms with Gasteiger partial charge in [-0.25, -0.2) is 0 Å². The van der Waals surface area contributed by atoms with E-state index in [4.69, 9.17) is 0 Å². The third kappa shape index (κ3) is 3.35. The van der Waals surface area contributed by atoms with Crippen LogP contribution in [-0.2, 0) is 13.5 Å². The zero-order chi connectivity index (χ0) is 15.5. The molecule has 1 saturated heterocycles. The number of pyridine rings is 1. The van der Waals surface area contributed by atoms with E-state index in [9.17, 15) is 4.79 Å². The van der Waals surface area contributed by atoms with E-state index in [1.807, 2.05) is 25.1 Å². The Balaban J connectivity index is 1.55. The van der Waals surface area contributed by atoms with Crippen LogP contribution >= 0.6 is 0 Å². The van der Waals surface area contributed by atoms with Gasteiger partial charge in [0.15, 0.2) is 0 Å². The Morgan fingerprint density at radius 1 is 1.36 bits per heavy atom. The molecule has 0 atom stereocenters. The molecule has 1 fully saturated rings. The SMILES string of the molecule is Cc1cc(CC2CCN(C(=O)c3cnn(C)c3)CC2)ccn1. The van der Waals surface area contributed by atoms with E-state index in [1.54, 1.807) is 17.1 Å². The van der Waals surface area contributed by atoms with Crippen molar-refractivity contribution in [2.75, 3.05) is 13.1 Å². The zero-order valence-electron chi connectivity index (χ0n) is 13.2. The number of rotatable bonds is 3. The molecule has 1 aliphatic rings. The zero-order valence-corrected chi connectivity index (χ0v) is 13.2. The number of nitrogens with zero attached hydrogens (tertiary/aromatic N) is 4. The highest BCUT2D eigenvalue weighted by Gasteiger charge is 2.24. The van der Waals surface area contributed by atoms with Crippen molar-refractivity contribution in [1.82, 2.24) is 19.7 Å². The quantitative estimate of drug-likeness (QED) is 0.873. The maximum absolute atomic E-state index is 12.4. The van der Waals surface area contributed by atoms with Gasteiger partial charge in [-0.05, 0) is 49.8 Å². The molecule has 0 aliphatic carbocycles. The number of amides is 1. The fourth-order valence-electron chi connectivity index (χ4n) is 3.12. The fourth-order valence-corrected chi connectivity index (χ4v) is 3.12. The van der Waals surface area contributed by atoms with Crippen LogP contribution in [0, 0.1) is 12.8 Å². The van der Waals surface area contributed by atoms with Gasteiger partial charge in [0.2, 0.25) is 0 Å². The summed E-state index contributed by atoms with van der Waals surface area (Å²) in [6.45, 7) is 3.70. The van der Waals surface area contributed by atoms with E-state index in [2.05, 4.69) is 22.2 Å². The van der Waals surface area contributed by atoms with Gasteiger partial charge in [0.05, 0.1) is 11.8 Å². The predicted octanol–water partition coefficient (Wildman–Crippen LogP) is 2.22. The van der Waals surface area contributed by atoms with E-state index in [0.717, 1.165) is 38.0 Å². The van der Waals surface area contributed by atoms with Crippen LogP contribution in [0.3, 0.4) is 0 Å². The molecule has 5 heteroatoms. The van der Waals surface area contributed by atoms with Crippen LogP contribution in [0.4, 0.5) is 0 Å². The molecule has 0 spiro atoms. The van der Waals surface area contributed by atoms with Gasteiger partial charge in [0.25, 0.3) is 5.91 Å². The average molecular weight is 298 g/mol. The monoisotopic (exact) mass is 298 g/mol. The standard InChI is InChI=1S/C17H22N4O/c1-13-9-15(3-6-18-13)10-14-4-7-21(8-5-14)17(22)16-11-19-20(2)12-16/h3,6,9,11-12,14H,4-5,7-8,10H2,1-2H3. The van der Waals surface area contributed by atoms with Crippen LogP contribution in [-0.4, -0.2) is 38.7 Å². The third-order valence-electron chi connectivity index (χ3n) is 4.34. The van der Waals surface area contributed by atoms with Crippen molar-refractivity contribution in [3.63, 3.8) is 0 Å². The number of likely N-dealkylation sites (tertiary alicyclic amines) is 1. The molecule has 5 nitrogen and oxygen atoms in total. The lowest BCUT2D eigenvalue weighted by Crippen LogP contribution is -2.38. The van der Waals surface area contributed by atoms with Crippen LogP contribution in [0.5, 0.6) is 0 Å². The van der Waals surface area contributed by atoms with E-state index in [0.29, 0.717) is 11.5 Å². The Labute approximate surface area is 131 Å². The number of hydrogen-bond acceptors (Lipinski definition) is 3. The fraction of sp³-hybridized carbons (Fsp3) is 0.471. The second-order valence-corrected chi connectivity index (χ2v) is 6.15. The lowest BCUT2D eigenvalue weighted by molar-refractivity contribution is 0.0690. The van der Waals surface area contributed by atoms with Crippen LogP contribution in [0.25, 0.3) is 0 Å². The molecule has 116 valence electrons. The summed E-state index contributed by atoms with van der Waals surface area (Å²) >= 11 is 0. The van der Waals surface area contributed by atoms with Crippen molar-refractivity contribution in [3.8, 4) is 0 Å². The minimum atomic E-state index is 0.103. The molecule has 1 amide bonds. The third-order valence-corrected chi connectivity index (χ3v) is 4.34. The molecule has 0 aromatic carbocycles. The van der Waals surface area contributed by atoms with Crippen molar-refractivity contribution in [3.05, 3.63) is 47.5 Å². The number of aryl methyl sites for hydroxylation is 2. The molecule has 0 saturated carbocycles. The average Bonchev–Trinajstić information content (AvgIpc) is 2.94. The minimum Gasteiger partial charge on any atom is -0.339 e. The maximum atomic E-state index is 12.4. The molecule has 2 aromatic rings. The Hall–Kier alpha value is -2.17. The van der Waals surface area contributed by atoms with Crippen LogP contribution in [0.2, 0.25) is 0 Å². The van der Waals surface area contributed by atoms with E-state index >= 15 is 0 Å². The molecular formula is C17H22N4O. The first-order chi connectivity index (χ1) is 10.6. The summed E-state index contributed by atoms with van der Waals surface area (Å²) in [5.74, 6) is 0.756. The van der Waals surface area contributed by atoms with E-state index in [-0.39, 0.29) is 5.91 Å². The predicted molar refractivity (Wildman–Crippen MR) is 84.5 cm³/mol. The largest absolute Gasteiger partial charge is 0.339 e. The lowest BCUT2D eigenvalue weighted by Gasteiger charge is -2.31. The van der Waals surface area contributed by atoms with Crippen molar-refractivity contribution in [1.29, 1.82) is 0 Å². The molecule has 3 heterocycles. The minimum absolute atomic E-state index is 0.103. The summed E-state index contributed by atoms with van der Waals surface area (Å²) in [7, 11) is 1.83. The molecule has 2 aromatic heterocycles. The van der Waals surface area contributed by atoms with Gasteiger partial charge in [0, 0.05) is 38.2 Å². The molecule has 1 aliphatic heterocycles. The molecule has 0 bridgehead atoms. The van der Waals surface area contributed by atoms with E-state index in [1.165, 1.54) is 5.56 Å². The van der Waals surface area contributed by atoms with Crippen molar-refractivity contribution >= 4 is 5.91 Å². The van der Waals surface area contributed by atoms with Crippen molar-refractivity contribution in [2.24, 2.45) is 13.0 Å². The summed E-state index contributed by atoms with van der Waals surface area (Å²) in [6, 6.07) is 4.26. The second-order valence-electron chi connectivity index (χ2n) is 6.15. The molecule has 0 radical (unpaired) electrons. The molecule has 0 unspecified atom stereocenters. The van der Waals surface area contributed by atoms with Gasteiger partial charge in [-0.2, -0.15) is 5.10 Å². The summed E-state index contributed by atoms with van der Waals surface area (Å²) < 4.78 is 1.67. The lowest BCUT2D eigenvalue weighted by atomic mass is 9.90. The van der Waals surface area contributed by atoms with Crippen molar-refractivity contribution in [2.45, 2.75) is 26.2 Å². The normalized spacial score (nSPS) is 16.0. The Morgan fingerprint density at radius 2 is 2.14 bits per heavy atom. The number of aromatic nitrogens is 3. The molecular weight excluding hydrogens is 276 g/mol. The van der Waals surface area contributed by atoms with Crippen LogP contribution in [0.1, 0.15) is 34.5 Å². The summed E-state index contributed by atoms with van der Waals surface area (Å²) in [6.07, 6.45) is 8.52. The first-order valence-corrected chi connectivity index (χ1v) is 7.81. The molecule has 0 N–H and O–H groups in total. The Morgan fingerprint density at radius 3 is 2.77 bits per heavy atom. The smallest absolute Gasteiger partial charge is 0.257 e. The molecule has 3 rings (SSSR count). The number of carbonyl (C=O) groups is 1. The van der Waals surface area contributed by atoms with Gasteiger partial charge in [-0.15, -0.1) is 0 Å². The highest BCUT2D eigenvalue weighted by molar-refractivity contribution is 5.93. The van der Waals surface area contributed by atoms with E-state index < -0.39 is 0 Å². The first kappa shape index (κ1) is 14.8. The molecule has 22 heavy (non-hydrogen) atoms. The second kappa shape index (κ2) is 6.30. The highest BCUT2D eigenvalue weighted by Crippen LogP contribution is 2.22. The summed E-state index contributed by atoms with van der Waals surface area (Å²) in [4.78, 5) is 18.6. The van der Waals surface area contributed by atoms with Gasteiger partial charge in [-0.3, -0.25) is 14.5 Å². The van der Waals surface area contributed by atoms with Gasteiger partial charge in [-0.1, -0.05) is 0 Å². The first-order valence-electron chi connectivity index (χ1n) is 7.81. The Kier molecular flexibility index (Phi) is 4.22. The van der Waals surface area contributed by atoms with Crippen molar-refractivity contribution < 1.29 is 4.79 Å². The maximum Gasteiger partial charge on any atom is 0.257 e. The number of piperidine rings is 1. The van der Waals surface area contributed by atoms with Crippen LogP contribution < -0.4 is 0 Å². The highest BCUT2D eigenvalue weighted by atomic mass is 16.2. The van der Waals surface area contributed by atoms with Gasteiger partial charge >= 0.3 is 0 Å². The number of hydrogen-bond donors (Lipinski definition) is 0. The van der Waals surface area contributed by atoms with Gasteiger partial charge < -0.3 is 4.90 Å². The van der Waals surface area contributed by atoms with Gasteiger partial charge in [0.1, 0.15) is 0 Å². The topological polar surface area (TPSA) is 51.0 Å². The summed E-state index contributed by atoms with van der Waals surface area (Å²) in [5, 5.41) is 4.07. The van der Waals surface area contributed by atoms with Crippen LogP contribution in [0.15, 0.2) is 30.7 Å².